The molecule has 220 valence electrons. The standard InChI is InChI=1S/C29H35FN4O7/c1-5-40-24-8-6-7-19(13-24)16-33(4)28(38)27-26(18(2)3)29(34(31-27)21-11-9-20(30)10-12-21)41-17-23(36)14-22(35)15-25(37)32-39/h6-13,18,22-23,35-36H,5,14-17H2,1-4H3/t22-,23+/m1/s1. The van der Waals surface area contributed by atoms with E-state index in [-0.39, 0.29) is 43.0 Å². The van der Waals surface area contributed by atoms with Gasteiger partial charge in [-0.3, -0.25) is 9.59 Å². The average Bonchev–Trinajstić information content (AvgIpc) is 3.31. The predicted molar refractivity (Wildman–Crippen MR) is 149 cm³/mol. The molecule has 1 heterocycles. The minimum atomic E-state index is -1.29. The summed E-state index contributed by atoms with van der Waals surface area (Å²) in [5, 5.41) is 27.2. The number of halogens is 1. The molecule has 11 nitrogen and oxygen atoms in total. The molecular weight excluding hydrogens is 535 g/mol. The molecule has 0 aliphatic heterocycles. The van der Waals surface area contributed by atoms with Crippen molar-refractivity contribution in [2.24, 2.45) is 5.18 Å². The highest BCUT2D eigenvalue weighted by atomic mass is 19.1. The summed E-state index contributed by atoms with van der Waals surface area (Å²) in [5.41, 5.74) is 1.88. The fourth-order valence-corrected chi connectivity index (χ4v) is 4.30. The molecule has 0 fully saturated rings. The molecule has 3 aromatic rings. The number of aromatic nitrogens is 2. The van der Waals surface area contributed by atoms with Crippen LogP contribution in [0.1, 0.15) is 61.1 Å². The number of aliphatic hydroxyl groups is 2. The van der Waals surface area contributed by atoms with Gasteiger partial charge in [-0.05, 0) is 54.8 Å². The SMILES string of the molecule is CCOc1cccc(CN(C)C(=O)c2nn(-c3ccc(F)cc3)c(OC[C@@H](O)C[C@@H](O)CC(=O)N=O)c2C(C)C)c1. The first-order valence-electron chi connectivity index (χ1n) is 13.2. The third kappa shape index (κ3) is 8.41. The van der Waals surface area contributed by atoms with E-state index in [4.69, 9.17) is 9.47 Å². The molecule has 0 spiro atoms. The number of aliphatic hydroxyl groups excluding tert-OH is 2. The second-order valence-corrected chi connectivity index (χ2v) is 9.90. The molecule has 41 heavy (non-hydrogen) atoms. The van der Waals surface area contributed by atoms with Crippen molar-refractivity contribution < 1.29 is 33.7 Å². The van der Waals surface area contributed by atoms with Crippen LogP contribution >= 0.6 is 0 Å². The lowest BCUT2D eigenvalue weighted by Crippen LogP contribution is -2.28. The third-order valence-corrected chi connectivity index (χ3v) is 6.17. The maximum atomic E-state index is 13.7. The number of benzene rings is 2. The zero-order valence-electron chi connectivity index (χ0n) is 23.5. The minimum absolute atomic E-state index is 0.125. The van der Waals surface area contributed by atoms with E-state index >= 15 is 0 Å². The highest BCUT2D eigenvalue weighted by molar-refractivity contribution is 5.94. The van der Waals surface area contributed by atoms with Crippen molar-refractivity contribution in [3.63, 3.8) is 0 Å². The van der Waals surface area contributed by atoms with E-state index in [0.29, 0.717) is 23.6 Å². The van der Waals surface area contributed by atoms with Crippen LogP contribution in [0.4, 0.5) is 4.39 Å². The first-order chi connectivity index (χ1) is 19.5. The van der Waals surface area contributed by atoms with Crippen molar-refractivity contribution in [3.05, 3.63) is 76.1 Å². The fourth-order valence-electron chi connectivity index (χ4n) is 4.30. The molecule has 0 unspecified atom stereocenters. The van der Waals surface area contributed by atoms with Gasteiger partial charge in [0, 0.05) is 30.8 Å². The third-order valence-electron chi connectivity index (χ3n) is 6.17. The number of hydrogen-bond donors (Lipinski definition) is 2. The van der Waals surface area contributed by atoms with Gasteiger partial charge in [-0.2, -0.15) is 5.10 Å². The van der Waals surface area contributed by atoms with Crippen LogP contribution in [0.5, 0.6) is 11.6 Å². The van der Waals surface area contributed by atoms with Gasteiger partial charge < -0.3 is 24.6 Å². The number of carbonyl (C=O) groups excluding carboxylic acids is 2. The molecule has 0 aliphatic carbocycles. The maximum Gasteiger partial charge on any atom is 0.288 e. The number of amides is 2. The molecule has 1 aromatic heterocycles. The van der Waals surface area contributed by atoms with Crippen LogP contribution in [-0.2, 0) is 11.3 Å². The highest BCUT2D eigenvalue weighted by Gasteiger charge is 2.30. The summed E-state index contributed by atoms with van der Waals surface area (Å²) in [6.45, 7) is 6.09. The van der Waals surface area contributed by atoms with Crippen LogP contribution in [0.3, 0.4) is 0 Å². The molecule has 2 aromatic carbocycles. The lowest BCUT2D eigenvalue weighted by molar-refractivity contribution is -0.120. The Labute approximate surface area is 237 Å². The lowest BCUT2D eigenvalue weighted by atomic mass is 10.0. The molecule has 0 saturated carbocycles. The van der Waals surface area contributed by atoms with Gasteiger partial charge >= 0.3 is 0 Å². The Kier molecular flexibility index (Phi) is 11.1. The first-order valence-corrected chi connectivity index (χ1v) is 13.2. The molecule has 0 saturated heterocycles. The Morgan fingerprint density at radius 2 is 1.80 bits per heavy atom. The smallest absolute Gasteiger partial charge is 0.288 e. The van der Waals surface area contributed by atoms with Crippen LogP contribution < -0.4 is 9.47 Å². The predicted octanol–water partition coefficient (Wildman–Crippen LogP) is 3.98. The Morgan fingerprint density at radius 3 is 2.44 bits per heavy atom. The number of ether oxygens (including phenoxy) is 2. The summed E-state index contributed by atoms with van der Waals surface area (Å²) in [6.07, 6.45) is -3.29. The van der Waals surface area contributed by atoms with E-state index in [2.05, 4.69) is 10.3 Å². The van der Waals surface area contributed by atoms with E-state index in [9.17, 15) is 29.1 Å². The normalized spacial score (nSPS) is 12.6. The van der Waals surface area contributed by atoms with Crippen molar-refractivity contribution in [3.8, 4) is 17.3 Å². The Hall–Kier alpha value is -4.16. The minimum Gasteiger partial charge on any atom is -0.494 e. The summed E-state index contributed by atoms with van der Waals surface area (Å²) >= 11 is 0. The lowest BCUT2D eigenvalue weighted by Gasteiger charge is -2.19. The second-order valence-electron chi connectivity index (χ2n) is 9.90. The van der Waals surface area contributed by atoms with Crippen molar-refractivity contribution in [2.45, 2.75) is 58.3 Å². The number of nitrogens with zero attached hydrogens (tertiary/aromatic N) is 4. The molecule has 0 aliphatic rings. The van der Waals surface area contributed by atoms with Gasteiger partial charge in [0.15, 0.2) is 5.69 Å². The topological polar surface area (TPSA) is 144 Å². The zero-order chi connectivity index (χ0) is 30.1. The van der Waals surface area contributed by atoms with Gasteiger partial charge in [-0.1, -0.05) is 26.0 Å². The quantitative estimate of drug-likeness (QED) is 0.277. The van der Waals surface area contributed by atoms with Gasteiger partial charge in [-0.25, -0.2) is 9.07 Å². The highest BCUT2D eigenvalue weighted by Crippen LogP contribution is 2.34. The van der Waals surface area contributed by atoms with Gasteiger partial charge in [0.05, 0.1) is 30.9 Å². The van der Waals surface area contributed by atoms with Gasteiger partial charge in [0.25, 0.3) is 11.8 Å². The molecule has 3 rings (SSSR count). The van der Waals surface area contributed by atoms with E-state index in [1.54, 1.807) is 7.05 Å². The summed E-state index contributed by atoms with van der Waals surface area (Å²) in [6, 6.07) is 12.9. The van der Waals surface area contributed by atoms with Crippen LogP contribution in [-0.4, -0.2) is 69.2 Å². The molecule has 0 bridgehead atoms. The Morgan fingerprint density at radius 1 is 1.10 bits per heavy atom. The summed E-state index contributed by atoms with van der Waals surface area (Å²) in [5.74, 6) is -1.24. The number of hydrogen-bond acceptors (Lipinski definition) is 8. The molecule has 2 amide bonds. The first kappa shape index (κ1) is 31.4. The Bertz CT molecular complexity index is 1340. The number of rotatable bonds is 14. The van der Waals surface area contributed by atoms with Crippen molar-refractivity contribution in [2.75, 3.05) is 20.3 Å². The van der Waals surface area contributed by atoms with E-state index in [1.165, 1.54) is 33.8 Å². The number of carbonyl (C=O) groups is 2. The molecule has 12 heteroatoms. The average molecular weight is 571 g/mol. The fraction of sp³-hybridized carbons (Fsp3) is 0.414. The van der Waals surface area contributed by atoms with Crippen molar-refractivity contribution in [1.29, 1.82) is 0 Å². The molecule has 2 N–H and O–H groups in total. The van der Waals surface area contributed by atoms with Crippen LogP contribution in [0.2, 0.25) is 0 Å². The van der Waals surface area contributed by atoms with Crippen LogP contribution in [0.15, 0.2) is 53.7 Å². The largest absolute Gasteiger partial charge is 0.494 e. The van der Waals surface area contributed by atoms with Crippen LogP contribution in [0, 0.1) is 10.7 Å². The van der Waals surface area contributed by atoms with E-state index in [0.717, 1.165) is 5.56 Å². The zero-order valence-corrected chi connectivity index (χ0v) is 23.5. The van der Waals surface area contributed by atoms with Crippen molar-refractivity contribution in [1.82, 2.24) is 14.7 Å². The summed E-state index contributed by atoms with van der Waals surface area (Å²) < 4.78 is 26.6. The Balaban J connectivity index is 1.93. The molecular formula is C29H35FN4O7. The maximum absolute atomic E-state index is 13.7. The summed E-state index contributed by atoms with van der Waals surface area (Å²) in [4.78, 5) is 36.7. The van der Waals surface area contributed by atoms with Crippen LogP contribution in [0.25, 0.3) is 5.69 Å². The molecule has 2 atom stereocenters. The molecule has 0 radical (unpaired) electrons. The number of nitroso groups, excluding NO2 is 1. The van der Waals surface area contributed by atoms with Gasteiger partial charge in [0.2, 0.25) is 5.88 Å². The summed E-state index contributed by atoms with van der Waals surface area (Å²) in [7, 11) is 1.65. The van der Waals surface area contributed by atoms with E-state index < -0.39 is 30.4 Å². The van der Waals surface area contributed by atoms with E-state index in [1.807, 2.05) is 45.0 Å². The van der Waals surface area contributed by atoms with Gasteiger partial charge in [-0.15, -0.1) is 4.91 Å². The second kappa shape index (κ2) is 14.5. The monoisotopic (exact) mass is 570 g/mol. The van der Waals surface area contributed by atoms with Crippen molar-refractivity contribution >= 4 is 11.8 Å². The van der Waals surface area contributed by atoms with Gasteiger partial charge in [0.1, 0.15) is 18.2 Å².